The van der Waals surface area contributed by atoms with Gasteiger partial charge in [-0.15, -0.1) is 11.8 Å². The molecular weight excluding hydrogens is 314 g/mol. The van der Waals surface area contributed by atoms with Gasteiger partial charge in [-0.05, 0) is 35.4 Å². The molecule has 24 heavy (non-hydrogen) atoms. The molecular formula is C21H19NOS. The average molecular weight is 333 g/mol. The Labute approximate surface area is 146 Å². The largest absolute Gasteiger partial charge is 0.326 e. The van der Waals surface area contributed by atoms with Gasteiger partial charge in [0.2, 0.25) is 5.91 Å². The van der Waals surface area contributed by atoms with Crippen LogP contribution in [0.4, 0.5) is 5.69 Å². The summed E-state index contributed by atoms with van der Waals surface area (Å²) in [5, 5.41) is 2.94. The van der Waals surface area contributed by atoms with Crippen molar-refractivity contribution in [3.05, 3.63) is 96.1 Å². The van der Waals surface area contributed by atoms with Crippen LogP contribution in [0.1, 0.15) is 11.1 Å². The van der Waals surface area contributed by atoms with Crippen LogP contribution in [0.25, 0.3) is 0 Å². The summed E-state index contributed by atoms with van der Waals surface area (Å²) in [5.41, 5.74) is 3.16. The van der Waals surface area contributed by atoms with Gasteiger partial charge in [-0.3, -0.25) is 4.79 Å². The topological polar surface area (TPSA) is 29.1 Å². The summed E-state index contributed by atoms with van der Waals surface area (Å²) >= 11 is 1.79. The van der Waals surface area contributed by atoms with Crippen LogP contribution >= 0.6 is 11.8 Å². The summed E-state index contributed by atoms with van der Waals surface area (Å²) in [6.07, 6.45) is 0.394. The second-order valence-electron chi connectivity index (χ2n) is 5.51. The first-order chi connectivity index (χ1) is 11.8. The number of hydrogen-bond donors (Lipinski definition) is 1. The van der Waals surface area contributed by atoms with E-state index >= 15 is 0 Å². The molecule has 0 fully saturated rings. The van der Waals surface area contributed by atoms with Gasteiger partial charge in [0.1, 0.15) is 0 Å². The maximum atomic E-state index is 12.1. The van der Waals surface area contributed by atoms with Crippen LogP contribution in [0.2, 0.25) is 0 Å². The van der Waals surface area contributed by atoms with Crippen LogP contribution in [0.3, 0.4) is 0 Å². The highest BCUT2D eigenvalue weighted by Crippen LogP contribution is 2.24. The summed E-state index contributed by atoms with van der Waals surface area (Å²) in [5.74, 6) is 0.950. The number of thioether (sulfide) groups is 1. The Kier molecular flexibility index (Phi) is 5.70. The van der Waals surface area contributed by atoms with Crippen LogP contribution in [0.15, 0.2) is 89.8 Å². The Hall–Kier alpha value is -2.52. The van der Waals surface area contributed by atoms with E-state index in [1.165, 1.54) is 10.5 Å². The molecule has 0 radical (unpaired) electrons. The summed E-state index contributed by atoms with van der Waals surface area (Å²) < 4.78 is 0. The van der Waals surface area contributed by atoms with Crippen molar-refractivity contribution in [2.75, 3.05) is 5.32 Å². The van der Waals surface area contributed by atoms with Gasteiger partial charge in [-0.2, -0.15) is 0 Å². The first-order valence-corrected chi connectivity index (χ1v) is 8.89. The van der Waals surface area contributed by atoms with Crippen LogP contribution < -0.4 is 5.32 Å². The molecule has 0 aliphatic carbocycles. The summed E-state index contributed by atoms with van der Waals surface area (Å²) in [6.45, 7) is 0. The Balaban J connectivity index is 1.51. The lowest BCUT2D eigenvalue weighted by Gasteiger charge is -2.07. The minimum Gasteiger partial charge on any atom is -0.326 e. The summed E-state index contributed by atoms with van der Waals surface area (Å²) in [7, 11) is 0. The van der Waals surface area contributed by atoms with Crippen LogP contribution in [0, 0.1) is 0 Å². The second-order valence-corrected chi connectivity index (χ2v) is 6.56. The highest BCUT2D eigenvalue weighted by Gasteiger charge is 2.04. The van der Waals surface area contributed by atoms with Crippen molar-refractivity contribution in [3.8, 4) is 0 Å². The third-order valence-corrected chi connectivity index (χ3v) is 4.68. The van der Waals surface area contributed by atoms with Crippen LogP contribution in [-0.2, 0) is 17.0 Å². The Morgan fingerprint density at radius 1 is 0.750 bits per heavy atom. The predicted molar refractivity (Wildman–Crippen MR) is 101 cm³/mol. The molecule has 0 atom stereocenters. The molecule has 2 nitrogen and oxygen atoms in total. The maximum Gasteiger partial charge on any atom is 0.228 e. The zero-order valence-electron chi connectivity index (χ0n) is 13.3. The molecule has 3 aromatic carbocycles. The van der Waals surface area contributed by atoms with Crippen molar-refractivity contribution in [2.45, 2.75) is 17.1 Å². The number of anilines is 1. The zero-order valence-corrected chi connectivity index (χ0v) is 14.1. The van der Waals surface area contributed by atoms with E-state index in [1.807, 2.05) is 60.7 Å². The number of carbonyl (C=O) groups is 1. The summed E-state index contributed by atoms with van der Waals surface area (Å²) in [6, 6.07) is 28.2. The minimum absolute atomic E-state index is 0.00545. The molecule has 0 unspecified atom stereocenters. The number of carbonyl (C=O) groups excluding carboxylic acids is 1. The molecule has 3 rings (SSSR count). The molecule has 0 aliphatic rings. The van der Waals surface area contributed by atoms with Gasteiger partial charge < -0.3 is 5.32 Å². The third kappa shape index (κ3) is 5.00. The molecule has 1 amide bonds. The SMILES string of the molecule is O=C(Cc1ccccc1)Nc1ccc(SCc2ccccc2)cc1. The Bertz CT molecular complexity index is 770. The van der Waals surface area contributed by atoms with Gasteiger partial charge in [0, 0.05) is 16.3 Å². The molecule has 0 spiro atoms. The standard InChI is InChI=1S/C21H19NOS/c23-21(15-17-7-3-1-4-8-17)22-19-11-13-20(14-12-19)24-16-18-9-5-2-6-10-18/h1-14H,15-16H2,(H,22,23). The third-order valence-electron chi connectivity index (χ3n) is 3.59. The van der Waals surface area contributed by atoms with E-state index < -0.39 is 0 Å². The first-order valence-electron chi connectivity index (χ1n) is 7.90. The molecule has 0 saturated carbocycles. The average Bonchev–Trinajstić information content (AvgIpc) is 2.63. The van der Waals surface area contributed by atoms with E-state index in [1.54, 1.807) is 11.8 Å². The number of amides is 1. The highest BCUT2D eigenvalue weighted by molar-refractivity contribution is 7.98. The van der Waals surface area contributed by atoms with Crippen molar-refractivity contribution in [3.63, 3.8) is 0 Å². The van der Waals surface area contributed by atoms with E-state index in [0.717, 1.165) is 17.0 Å². The van der Waals surface area contributed by atoms with E-state index in [4.69, 9.17) is 0 Å². The molecule has 0 bridgehead atoms. The quantitative estimate of drug-likeness (QED) is 0.631. The van der Waals surface area contributed by atoms with Crippen molar-refractivity contribution in [2.24, 2.45) is 0 Å². The fourth-order valence-electron chi connectivity index (χ4n) is 2.36. The van der Waals surface area contributed by atoms with Crippen LogP contribution in [0.5, 0.6) is 0 Å². The van der Waals surface area contributed by atoms with Gasteiger partial charge in [-0.1, -0.05) is 60.7 Å². The van der Waals surface area contributed by atoms with Crippen molar-refractivity contribution in [1.82, 2.24) is 0 Å². The normalized spacial score (nSPS) is 10.3. The zero-order chi connectivity index (χ0) is 16.6. The van der Waals surface area contributed by atoms with Crippen molar-refractivity contribution < 1.29 is 4.79 Å². The maximum absolute atomic E-state index is 12.1. The fourth-order valence-corrected chi connectivity index (χ4v) is 3.22. The fraction of sp³-hybridized carbons (Fsp3) is 0.0952. The highest BCUT2D eigenvalue weighted by atomic mass is 32.2. The van der Waals surface area contributed by atoms with Crippen LogP contribution in [-0.4, -0.2) is 5.91 Å². The number of rotatable bonds is 6. The lowest BCUT2D eigenvalue weighted by molar-refractivity contribution is -0.115. The molecule has 120 valence electrons. The monoisotopic (exact) mass is 333 g/mol. The molecule has 0 aromatic heterocycles. The predicted octanol–water partition coefficient (Wildman–Crippen LogP) is 5.16. The lowest BCUT2D eigenvalue weighted by Crippen LogP contribution is -2.14. The van der Waals surface area contributed by atoms with Gasteiger partial charge in [0.05, 0.1) is 6.42 Å². The molecule has 0 aliphatic heterocycles. The number of nitrogens with one attached hydrogen (secondary N) is 1. The van der Waals surface area contributed by atoms with Crippen molar-refractivity contribution in [1.29, 1.82) is 0 Å². The van der Waals surface area contributed by atoms with Gasteiger partial charge in [0.15, 0.2) is 0 Å². The van der Waals surface area contributed by atoms with Gasteiger partial charge in [0.25, 0.3) is 0 Å². The first kappa shape index (κ1) is 16.3. The number of benzene rings is 3. The van der Waals surface area contributed by atoms with E-state index in [9.17, 15) is 4.79 Å². The summed E-state index contributed by atoms with van der Waals surface area (Å²) in [4.78, 5) is 13.3. The van der Waals surface area contributed by atoms with Crippen molar-refractivity contribution >= 4 is 23.4 Å². The van der Waals surface area contributed by atoms with E-state index in [-0.39, 0.29) is 5.91 Å². The molecule has 3 aromatic rings. The smallest absolute Gasteiger partial charge is 0.228 e. The van der Waals surface area contributed by atoms with E-state index in [2.05, 4.69) is 29.6 Å². The molecule has 1 N–H and O–H groups in total. The Morgan fingerprint density at radius 2 is 1.33 bits per heavy atom. The molecule has 0 heterocycles. The minimum atomic E-state index is 0.00545. The molecule has 3 heteroatoms. The number of hydrogen-bond acceptors (Lipinski definition) is 2. The van der Waals surface area contributed by atoms with Gasteiger partial charge >= 0.3 is 0 Å². The molecule has 0 saturated heterocycles. The van der Waals surface area contributed by atoms with Gasteiger partial charge in [-0.25, -0.2) is 0 Å². The Morgan fingerprint density at radius 3 is 1.96 bits per heavy atom. The van der Waals surface area contributed by atoms with E-state index in [0.29, 0.717) is 6.42 Å². The second kappa shape index (κ2) is 8.37. The lowest BCUT2D eigenvalue weighted by atomic mass is 10.1.